The van der Waals surface area contributed by atoms with Gasteiger partial charge in [-0.25, -0.2) is 4.39 Å². The van der Waals surface area contributed by atoms with Crippen molar-refractivity contribution in [3.05, 3.63) is 35.6 Å². The molecule has 1 amide bonds. The molecule has 1 atom stereocenters. The van der Waals surface area contributed by atoms with Crippen molar-refractivity contribution in [2.45, 2.75) is 31.2 Å². The number of rotatable bonds is 5. The van der Waals surface area contributed by atoms with E-state index in [4.69, 9.17) is 5.11 Å². The molecule has 0 aliphatic carbocycles. The zero-order valence-electron chi connectivity index (χ0n) is 13.9. The Hall–Kier alpha value is -2.09. The molecule has 8 heteroatoms. The molecule has 1 N–H and O–H groups in total. The summed E-state index contributed by atoms with van der Waals surface area (Å²) in [5, 5.41) is 8.85. The normalized spacial score (nSPS) is 18.9. The second-order valence-corrected chi connectivity index (χ2v) is 6.27. The molecule has 138 valence electrons. The SMILES string of the molecule is CN(CC(=O)O)C1CCCN(C(=O)C(F)(F)c2ccc(F)cc2)CC1. The highest BCUT2D eigenvalue weighted by atomic mass is 19.3. The lowest BCUT2D eigenvalue weighted by Crippen LogP contribution is -2.43. The van der Waals surface area contributed by atoms with E-state index < -0.39 is 29.2 Å². The Bertz CT molecular complexity index is 622. The van der Waals surface area contributed by atoms with Crippen LogP contribution in [0.15, 0.2) is 24.3 Å². The summed E-state index contributed by atoms with van der Waals surface area (Å²) in [5.74, 6) is -6.63. The van der Waals surface area contributed by atoms with E-state index >= 15 is 0 Å². The van der Waals surface area contributed by atoms with Crippen LogP contribution >= 0.6 is 0 Å². The van der Waals surface area contributed by atoms with Gasteiger partial charge in [-0.15, -0.1) is 0 Å². The third-order valence-electron chi connectivity index (χ3n) is 4.47. The van der Waals surface area contributed by atoms with Gasteiger partial charge in [-0.05, 0) is 50.6 Å². The maximum atomic E-state index is 14.4. The monoisotopic (exact) mass is 358 g/mol. The molecule has 2 rings (SSSR count). The zero-order chi connectivity index (χ0) is 18.6. The summed E-state index contributed by atoms with van der Waals surface area (Å²) in [5.41, 5.74) is -0.539. The number of hydrogen-bond donors (Lipinski definition) is 1. The molecular formula is C17H21F3N2O3. The Morgan fingerprint density at radius 1 is 1.24 bits per heavy atom. The van der Waals surface area contributed by atoms with E-state index in [0.29, 0.717) is 19.3 Å². The summed E-state index contributed by atoms with van der Waals surface area (Å²) in [6, 6.07) is 3.54. The van der Waals surface area contributed by atoms with Crippen LogP contribution in [-0.2, 0) is 15.5 Å². The third-order valence-corrected chi connectivity index (χ3v) is 4.47. The molecule has 1 saturated heterocycles. The minimum atomic E-state index is -3.72. The number of amides is 1. The Balaban J connectivity index is 2.04. The van der Waals surface area contributed by atoms with Crippen molar-refractivity contribution in [1.29, 1.82) is 0 Å². The van der Waals surface area contributed by atoms with Gasteiger partial charge < -0.3 is 10.0 Å². The van der Waals surface area contributed by atoms with E-state index in [1.54, 1.807) is 11.9 Å². The van der Waals surface area contributed by atoms with E-state index in [2.05, 4.69) is 0 Å². The molecular weight excluding hydrogens is 337 g/mol. The van der Waals surface area contributed by atoms with Crippen molar-refractivity contribution >= 4 is 11.9 Å². The Morgan fingerprint density at radius 3 is 2.48 bits per heavy atom. The lowest BCUT2D eigenvalue weighted by Gasteiger charge is -2.27. The van der Waals surface area contributed by atoms with Crippen LogP contribution in [0.4, 0.5) is 13.2 Å². The van der Waals surface area contributed by atoms with Crippen LogP contribution < -0.4 is 0 Å². The number of nitrogens with zero attached hydrogens (tertiary/aromatic N) is 2. The molecule has 1 aliphatic heterocycles. The Morgan fingerprint density at radius 2 is 1.88 bits per heavy atom. The van der Waals surface area contributed by atoms with Crippen LogP contribution in [0.3, 0.4) is 0 Å². The number of hydrogen-bond acceptors (Lipinski definition) is 3. The second kappa shape index (κ2) is 7.86. The third kappa shape index (κ3) is 4.72. The Labute approximate surface area is 144 Å². The molecule has 0 bridgehead atoms. The molecule has 1 unspecified atom stereocenters. The van der Waals surface area contributed by atoms with Crippen molar-refractivity contribution in [2.24, 2.45) is 0 Å². The van der Waals surface area contributed by atoms with Gasteiger partial charge in [0.15, 0.2) is 0 Å². The van der Waals surface area contributed by atoms with Crippen LogP contribution in [0.1, 0.15) is 24.8 Å². The number of benzene rings is 1. The van der Waals surface area contributed by atoms with Crippen LogP contribution in [0.25, 0.3) is 0 Å². The molecule has 0 aromatic heterocycles. The number of carbonyl (C=O) groups excluding carboxylic acids is 1. The number of carboxylic acid groups (broad SMARTS) is 1. The minimum absolute atomic E-state index is 0.0756. The van der Waals surface area contributed by atoms with E-state index in [0.717, 1.165) is 29.2 Å². The van der Waals surface area contributed by atoms with Gasteiger partial charge in [0.1, 0.15) is 5.82 Å². The van der Waals surface area contributed by atoms with Crippen molar-refractivity contribution in [2.75, 3.05) is 26.7 Å². The summed E-state index contributed by atoms with van der Waals surface area (Å²) < 4.78 is 41.8. The second-order valence-electron chi connectivity index (χ2n) is 6.27. The fraction of sp³-hybridized carbons (Fsp3) is 0.529. The first-order chi connectivity index (χ1) is 11.7. The lowest BCUT2D eigenvalue weighted by molar-refractivity contribution is -0.159. The predicted molar refractivity (Wildman–Crippen MR) is 84.8 cm³/mol. The smallest absolute Gasteiger partial charge is 0.349 e. The van der Waals surface area contributed by atoms with Gasteiger partial charge in [0.2, 0.25) is 0 Å². The highest BCUT2D eigenvalue weighted by Crippen LogP contribution is 2.31. The number of aliphatic carboxylic acids is 1. The molecule has 1 aromatic carbocycles. The number of alkyl halides is 2. The lowest BCUT2D eigenvalue weighted by atomic mass is 10.1. The first-order valence-electron chi connectivity index (χ1n) is 8.07. The summed E-state index contributed by atoms with van der Waals surface area (Å²) >= 11 is 0. The number of likely N-dealkylation sites (tertiary alicyclic amines) is 1. The summed E-state index contributed by atoms with van der Waals surface area (Å²) in [7, 11) is 1.67. The number of likely N-dealkylation sites (N-methyl/N-ethyl adjacent to an activating group) is 1. The highest BCUT2D eigenvalue weighted by molar-refractivity contribution is 5.84. The van der Waals surface area contributed by atoms with Gasteiger partial charge in [0.25, 0.3) is 5.91 Å². The number of halogens is 3. The van der Waals surface area contributed by atoms with Gasteiger partial charge in [0.05, 0.1) is 6.54 Å². The van der Waals surface area contributed by atoms with Crippen LogP contribution in [0, 0.1) is 5.82 Å². The molecule has 5 nitrogen and oxygen atoms in total. The van der Waals surface area contributed by atoms with E-state index in [9.17, 15) is 22.8 Å². The quantitative estimate of drug-likeness (QED) is 0.878. The topological polar surface area (TPSA) is 60.9 Å². The predicted octanol–water partition coefficient (Wildman–Crippen LogP) is 2.32. The van der Waals surface area contributed by atoms with Crippen molar-refractivity contribution < 1.29 is 27.9 Å². The average molecular weight is 358 g/mol. The van der Waals surface area contributed by atoms with Gasteiger partial charge in [-0.2, -0.15) is 8.78 Å². The Kier molecular flexibility index (Phi) is 6.05. The zero-order valence-corrected chi connectivity index (χ0v) is 13.9. The minimum Gasteiger partial charge on any atom is -0.480 e. The van der Waals surface area contributed by atoms with Crippen molar-refractivity contribution in [1.82, 2.24) is 9.80 Å². The average Bonchev–Trinajstić information content (AvgIpc) is 2.80. The van der Waals surface area contributed by atoms with E-state index in [-0.39, 0.29) is 25.7 Å². The molecule has 25 heavy (non-hydrogen) atoms. The fourth-order valence-corrected chi connectivity index (χ4v) is 3.05. The highest BCUT2D eigenvalue weighted by Gasteiger charge is 2.44. The van der Waals surface area contributed by atoms with Crippen LogP contribution in [-0.4, -0.2) is 59.5 Å². The van der Waals surface area contributed by atoms with Gasteiger partial charge in [-0.3, -0.25) is 14.5 Å². The molecule has 1 heterocycles. The molecule has 0 saturated carbocycles. The fourth-order valence-electron chi connectivity index (χ4n) is 3.05. The van der Waals surface area contributed by atoms with Gasteiger partial charge in [-0.1, -0.05) is 0 Å². The maximum Gasteiger partial charge on any atom is 0.349 e. The molecule has 0 radical (unpaired) electrons. The molecule has 1 aliphatic rings. The van der Waals surface area contributed by atoms with Gasteiger partial charge >= 0.3 is 11.9 Å². The summed E-state index contributed by atoms with van der Waals surface area (Å²) in [6.07, 6.45) is 1.57. The number of carboxylic acids is 1. The summed E-state index contributed by atoms with van der Waals surface area (Å²) in [6.45, 7) is 0.182. The van der Waals surface area contributed by atoms with Gasteiger partial charge in [0, 0.05) is 24.7 Å². The van der Waals surface area contributed by atoms with Crippen molar-refractivity contribution in [3.8, 4) is 0 Å². The van der Waals surface area contributed by atoms with Crippen molar-refractivity contribution in [3.63, 3.8) is 0 Å². The molecule has 1 aromatic rings. The number of carbonyl (C=O) groups is 2. The molecule has 0 spiro atoms. The summed E-state index contributed by atoms with van der Waals surface area (Å²) in [4.78, 5) is 25.8. The van der Waals surface area contributed by atoms with Crippen LogP contribution in [0.5, 0.6) is 0 Å². The first kappa shape index (κ1) is 19.2. The largest absolute Gasteiger partial charge is 0.480 e. The van der Waals surface area contributed by atoms with E-state index in [1.807, 2.05) is 0 Å². The standard InChI is InChI=1S/C17H21F3N2O3/c1-21(11-15(23)24)14-3-2-9-22(10-8-14)16(25)17(19,20)12-4-6-13(18)7-5-12/h4-7,14H,2-3,8-11H2,1H3,(H,23,24). The maximum absolute atomic E-state index is 14.4. The first-order valence-corrected chi connectivity index (χ1v) is 8.07. The molecule has 1 fully saturated rings. The van der Waals surface area contributed by atoms with E-state index in [1.165, 1.54) is 0 Å². The van der Waals surface area contributed by atoms with Crippen LogP contribution in [0.2, 0.25) is 0 Å².